The molecule has 3 aromatic rings. The lowest BCUT2D eigenvalue weighted by molar-refractivity contribution is -0.136. The topological polar surface area (TPSA) is 110 Å². The Morgan fingerprint density at radius 2 is 1.76 bits per heavy atom. The highest BCUT2D eigenvalue weighted by Crippen LogP contribution is 2.19. The molecule has 1 saturated heterocycles. The van der Waals surface area contributed by atoms with Gasteiger partial charge in [0, 0.05) is 49.7 Å². The van der Waals surface area contributed by atoms with E-state index in [1.807, 2.05) is 43.5 Å². The zero-order valence-corrected chi connectivity index (χ0v) is 23.1. The Labute approximate surface area is 231 Å². The Morgan fingerprint density at radius 3 is 2.45 bits per heavy atom. The number of rotatable bonds is 7. The molecule has 0 bridgehead atoms. The summed E-state index contributed by atoms with van der Waals surface area (Å²) in [7, 11) is 0. The molecule has 0 radical (unpaired) electrons. The van der Waals surface area contributed by atoms with Crippen LogP contribution in [-0.2, 0) is 16.1 Å². The van der Waals surface area contributed by atoms with E-state index in [-0.39, 0.29) is 12.0 Å². The maximum Gasteiger partial charge on any atom is 0.409 e. The summed E-state index contributed by atoms with van der Waals surface area (Å²) in [5.41, 5.74) is 2.47. The van der Waals surface area contributed by atoms with Crippen molar-refractivity contribution in [2.24, 2.45) is 0 Å². The average Bonchev–Trinajstić information content (AvgIpc) is 3.50. The number of halogens is 1. The summed E-state index contributed by atoms with van der Waals surface area (Å²) < 4.78 is 8.47. The number of thiocarbonyl (C=S) groups is 1. The van der Waals surface area contributed by atoms with Gasteiger partial charge in [0.1, 0.15) is 6.04 Å². The highest BCUT2D eigenvalue weighted by Gasteiger charge is 2.29. The fourth-order valence-corrected chi connectivity index (χ4v) is 4.41. The van der Waals surface area contributed by atoms with Crippen molar-refractivity contribution in [3.05, 3.63) is 59.0 Å². The van der Waals surface area contributed by atoms with Crippen molar-refractivity contribution in [2.75, 3.05) is 43.4 Å². The summed E-state index contributed by atoms with van der Waals surface area (Å²) in [6.07, 6.45) is 3.28. The second-order valence-electron chi connectivity index (χ2n) is 8.90. The van der Waals surface area contributed by atoms with Gasteiger partial charge in [0.25, 0.3) is 0 Å². The third-order valence-electron chi connectivity index (χ3n) is 6.18. The average molecular weight is 559 g/mol. The minimum atomic E-state index is -0.511. The Hall–Kier alpha value is -3.64. The van der Waals surface area contributed by atoms with Gasteiger partial charge in [0.15, 0.2) is 10.9 Å². The first-order valence-electron chi connectivity index (χ1n) is 12.4. The van der Waals surface area contributed by atoms with E-state index in [1.165, 1.54) is 0 Å². The summed E-state index contributed by atoms with van der Waals surface area (Å²) in [5, 5.41) is 16.3. The van der Waals surface area contributed by atoms with Crippen LogP contribution < -0.4 is 10.6 Å². The van der Waals surface area contributed by atoms with Crippen molar-refractivity contribution in [2.45, 2.75) is 33.4 Å². The Morgan fingerprint density at radius 1 is 1.08 bits per heavy atom. The molecule has 2 aromatic heterocycles. The van der Waals surface area contributed by atoms with Crippen LogP contribution in [-0.4, -0.2) is 79.3 Å². The largest absolute Gasteiger partial charge is 0.450 e. The van der Waals surface area contributed by atoms with Gasteiger partial charge in [-0.05, 0) is 50.7 Å². The van der Waals surface area contributed by atoms with Gasteiger partial charge >= 0.3 is 6.09 Å². The first-order valence-corrected chi connectivity index (χ1v) is 13.1. The van der Waals surface area contributed by atoms with Crippen LogP contribution in [0, 0.1) is 6.92 Å². The van der Waals surface area contributed by atoms with Crippen molar-refractivity contribution in [1.82, 2.24) is 29.4 Å². The highest BCUT2D eigenvalue weighted by molar-refractivity contribution is 7.80. The van der Waals surface area contributed by atoms with Crippen LogP contribution in [0.25, 0.3) is 0 Å². The molecule has 11 nitrogen and oxygen atoms in total. The van der Waals surface area contributed by atoms with Crippen LogP contribution >= 0.6 is 23.8 Å². The minimum absolute atomic E-state index is 0.0607. The molecule has 4 rings (SSSR count). The van der Waals surface area contributed by atoms with Crippen LogP contribution in [0.5, 0.6) is 0 Å². The Bertz CT molecular complexity index is 1280. The second-order valence-corrected chi connectivity index (χ2v) is 9.74. The molecule has 1 aliphatic heterocycles. The number of benzene rings is 1. The van der Waals surface area contributed by atoms with Gasteiger partial charge in [0.05, 0.1) is 24.5 Å². The molecule has 1 atom stereocenters. The zero-order valence-electron chi connectivity index (χ0n) is 21.6. The van der Waals surface area contributed by atoms with E-state index in [0.717, 1.165) is 5.56 Å². The van der Waals surface area contributed by atoms with Gasteiger partial charge in [-0.25, -0.2) is 4.79 Å². The predicted octanol–water partition coefficient (Wildman–Crippen LogP) is 3.76. The van der Waals surface area contributed by atoms with Gasteiger partial charge in [-0.2, -0.15) is 10.2 Å². The van der Waals surface area contributed by atoms with Crippen molar-refractivity contribution >= 4 is 52.4 Å². The van der Waals surface area contributed by atoms with Crippen LogP contribution in [0.15, 0.2) is 42.7 Å². The van der Waals surface area contributed by atoms with E-state index in [0.29, 0.717) is 66.7 Å². The van der Waals surface area contributed by atoms with E-state index in [4.69, 9.17) is 28.6 Å². The lowest BCUT2D eigenvalue weighted by Gasteiger charge is -2.35. The van der Waals surface area contributed by atoms with Gasteiger partial charge in [-0.3, -0.25) is 14.2 Å². The first kappa shape index (κ1) is 27.4. The number of nitrogens with zero attached hydrogens (tertiary/aromatic N) is 6. The molecule has 0 spiro atoms. The fraction of sp³-hybridized carbons (Fsp3) is 0.400. The lowest BCUT2D eigenvalue weighted by atomic mass is 10.2. The Kier molecular flexibility index (Phi) is 8.85. The van der Waals surface area contributed by atoms with E-state index >= 15 is 0 Å². The number of nitrogens with one attached hydrogen (secondary N) is 2. The molecule has 13 heteroatoms. The molecule has 1 unspecified atom stereocenters. The van der Waals surface area contributed by atoms with Crippen molar-refractivity contribution in [3.63, 3.8) is 0 Å². The molecule has 0 saturated carbocycles. The quantitative estimate of drug-likeness (QED) is 0.422. The molecular weight excluding hydrogens is 528 g/mol. The first-order chi connectivity index (χ1) is 18.2. The van der Waals surface area contributed by atoms with E-state index in [1.54, 1.807) is 39.2 Å². The third-order valence-corrected chi connectivity index (χ3v) is 6.63. The molecule has 1 fully saturated rings. The normalized spacial score (nSPS) is 14.2. The number of hydrogen-bond acceptors (Lipinski definition) is 6. The number of piperazine rings is 1. The molecule has 2 N–H and O–H groups in total. The van der Waals surface area contributed by atoms with Gasteiger partial charge < -0.3 is 25.2 Å². The van der Waals surface area contributed by atoms with E-state index < -0.39 is 6.04 Å². The Balaban J connectivity index is 1.30. The van der Waals surface area contributed by atoms with Crippen molar-refractivity contribution < 1.29 is 14.3 Å². The van der Waals surface area contributed by atoms with Crippen molar-refractivity contribution in [3.8, 4) is 0 Å². The number of carbonyl (C=O) groups is 2. The van der Waals surface area contributed by atoms with Crippen LogP contribution in [0.3, 0.4) is 0 Å². The number of carbonyl (C=O) groups excluding carboxylic acids is 2. The third kappa shape index (κ3) is 6.81. The minimum Gasteiger partial charge on any atom is -0.450 e. The molecule has 3 heterocycles. The number of hydrogen-bond donors (Lipinski definition) is 2. The summed E-state index contributed by atoms with van der Waals surface area (Å²) in [6.45, 7) is 8.14. The summed E-state index contributed by atoms with van der Waals surface area (Å²) in [6, 6.07) is 8.94. The van der Waals surface area contributed by atoms with Crippen LogP contribution in [0.4, 0.5) is 16.3 Å². The number of aryl methyl sites for hydroxylation is 1. The molecule has 2 amide bonds. The zero-order chi connectivity index (χ0) is 27.2. The number of aromatic nitrogens is 4. The molecule has 1 aliphatic rings. The standard InChI is InChI=1S/C25H31ClN8O3S/c1-4-37-25(36)32-13-11-31(12-14-32)23(35)18(3)34-16-21(17(2)29-34)27-24(38)28-22-9-10-33(30-22)15-19-5-7-20(26)8-6-19/h5-10,16,18H,4,11-15H2,1-3H3,(H2,27,28,30,38). The maximum absolute atomic E-state index is 13.1. The van der Waals surface area contributed by atoms with E-state index in [2.05, 4.69) is 20.8 Å². The van der Waals surface area contributed by atoms with Gasteiger partial charge in [-0.1, -0.05) is 23.7 Å². The summed E-state index contributed by atoms with van der Waals surface area (Å²) in [5.74, 6) is 0.543. The molecule has 0 aliphatic carbocycles. The maximum atomic E-state index is 13.1. The molecule has 38 heavy (non-hydrogen) atoms. The van der Waals surface area contributed by atoms with Crippen molar-refractivity contribution in [1.29, 1.82) is 0 Å². The SMILES string of the molecule is CCOC(=O)N1CCN(C(=O)C(C)n2cc(NC(=S)Nc3ccn(Cc4ccc(Cl)cc4)n3)c(C)n2)CC1. The molecule has 1 aromatic carbocycles. The molecular formula is C25H31ClN8O3S. The monoisotopic (exact) mass is 558 g/mol. The number of ether oxygens (including phenoxy) is 1. The smallest absolute Gasteiger partial charge is 0.409 e. The summed E-state index contributed by atoms with van der Waals surface area (Å²) in [4.78, 5) is 28.4. The van der Waals surface area contributed by atoms with E-state index in [9.17, 15) is 9.59 Å². The fourth-order valence-electron chi connectivity index (χ4n) is 4.07. The lowest BCUT2D eigenvalue weighted by Crippen LogP contribution is -2.52. The highest BCUT2D eigenvalue weighted by atomic mass is 35.5. The van der Waals surface area contributed by atoms with Crippen LogP contribution in [0.1, 0.15) is 31.1 Å². The molecule has 202 valence electrons. The van der Waals surface area contributed by atoms with Crippen LogP contribution in [0.2, 0.25) is 5.02 Å². The predicted molar refractivity (Wildman–Crippen MR) is 149 cm³/mol. The second kappa shape index (κ2) is 12.3. The number of anilines is 2. The number of amides is 2. The van der Waals surface area contributed by atoms with Gasteiger partial charge in [0.2, 0.25) is 5.91 Å². The van der Waals surface area contributed by atoms with Gasteiger partial charge in [-0.15, -0.1) is 0 Å². The summed E-state index contributed by atoms with van der Waals surface area (Å²) >= 11 is 11.4.